The molecule has 1 aromatic rings. The van der Waals surface area contributed by atoms with E-state index in [0.717, 1.165) is 50.5 Å². The molecule has 1 aromatic carbocycles. The fourth-order valence-electron chi connectivity index (χ4n) is 3.15. The zero-order valence-electron chi connectivity index (χ0n) is 17.7. The standard InChI is InChI=1S/C21H34FN5O.HI/c1-4-23-21(25-12-11-24-20(28)16(2)3)26-19-9-13-27(14-10-19)15-17-5-7-18(22)8-6-17;/h5-8,16,19H,4,9-15H2,1-3H3,(H,24,28)(H2,23,25,26);1H. The number of benzene rings is 1. The predicted octanol–water partition coefficient (Wildman–Crippen LogP) is 2.74. The number of rotatable bonds is 8. The molecule has 164 valence electrons. The Morgan fingerprint density at radius 3 is 2.45 bits per heavy atom. The van der Waals surface area contributed by atoms with Gasteiger partial charge in [-0.3, -0.25) is 14.7 Å². The number of amides is 1. The number of hydrogen-bond acceptors (Lipinski definition) is 3. The highest BCUT2D eigenvalue weighted by molar-refractivity contribution is 14.0. The first-order valence-corrected chi connectivity index (χ1v) is 10.3. The number of guanidine groups is 1. The Bertz CT molecular complexity index is 630. The largest absolute Gasteiger partial charge is 0.357 e. The number of nitrogens with one attached hydrogen (secondary N) is 3. The third-order valence-electron chi connectivity index (χ3n) is 4.80. The Balaban J connectivity index is 0.00000420. The van der Waals surface area contributed by atoms with Gasteiger partial charge in [-0.2, -0.15) is 0 Å². The number of likely N-dealkylation sites (tertiary alicyclic amines) is 1. The Hall–Kier alpha value is -1.42. The summed E-state index contributed by atoms with van der Waals surface area (Å²) in [5.74, 6) is 0.668. The predicted molar refractivity (Wildman–Crippen MR) is 127 cm³/mol. The molecule has 1 aliphatic rings. The van der Waals surface area contributed by atoms with Crippen molar-refractivity contribution in [1.82, 2.24) is 20.9 Å². The third-order valence-corrected chi connectivity index (χ3v) is 4.80. The van der Waals surface area contributed by atoms with E-state index in [4.69, 9.17) is 0 Å². The van der Waals surface area contributed by atoms with E-state index >= 15 is 0 Å². The Labute approximate surface area is 191 Å². The second-order valence-corrected chi connectivity index (χ2v) is 7.53. The van der Waals surface area contributed by atoms with Crippen molar-refractivity contribution in [3.8, 4) is 0 Å². The van der Waals surface area contributed by atoms with Crippen LogP contribution in [0.25, 0.3) is 0 Å². The van der Waals surface area contributed by atoms with Crippen LogP contribution in [0, 0.1) is 11.7 Å². The summed E-state index contributed by atoms with van der Waals surface area (Å²) in [4.78, 5) is 18.6. The maximum atomic E-state index is 13.0. The minimum Gasteiger partial charge on any atom is -0.357 e. The van der Waals surface area contributed by atoms with Gasteiger partial charge in [-0.05, 0) is 37.5 Å². The number of carbonyl (C=O) groups is 1. The van der Waals surface area contributed by atoms with Gasteiger partial charge in [0, 0.05) is 44.7 Å². The van der Waals surface area contributed by atoms with E-state index in [1.165, 1.54) is 12.1 Å². The lowest BCUT2D eigenvalue weighted by Crippen LogP contribution is -2.48. The summed E-state index contributed by atoms with van der Waals surface area (Å²) in [6, 6.07) is 7.13. The van der Waals surface area contributed by atoms with Crippen LogP contribution in [0.2, 0.25) is 0 Å². The number of aliphatic imine (C=N–C) groups is 1. The molecule has 0 unspecified atom stereocenters. The van der Waals surface area contributed by atoms with Crippen molar-refractivity contribution in [2.75, 3.05) is 32.7 Å². The SMILES string of the molecule is CCNC(=NCCNC(=O)C(C)C)NC1CCN(Cc2ccc(F)cc2)CC1.I. The van der Waals surface area contributed by atoms with Gasteiger partial charge in [-0.1, -0.05) is 26.0 Å². The molecule has 2 rings (SSSR count). The molecule has 0 bridgehead atoms. The van der Waals surface area contributed by atoms with Gasteiger partial charge in [0.2, 0.25) is 5.91 Å². The molecule has 0 aliphatic carbocycles. The highest BCUT2D eigenvalue weighted by Gasteiger charge is 2.20. The molecule has 0 saturated carbocycles. The van der Waals surface area contributed by atoms with Crippen LogP contribution in [0.15, 0.2) is 29.3 Å². The average Bonchev–Trinajstić information content (AvgIpc) is 2.68. The van der Waals surface area contributed by atoms with Crippen LogP contribution in [-0.2, 0) is 11.3 Å². The molecular formula is C21H35FIN5O. The van der Waals surface area contributed by atoms with Crippen LogP contribution in [0.5, 0.6) is 0 Å². The zero-order valence-corrected chi connectivity index (χ0v) is 20.0. The van der Waals surface area contributed by atoms with Crippen LogP contribution < -0.4 is 16.0 Å². The van der Waals surface area contributed by atoms with Crippen LogP contribution >= 0.6 is 24.0 Å². The molecule has 0 radical (unpaired) electrons. The van der Waals surface area contributed by atoms with E-state index in [0.29, 0.717) is 19.1 Å². The lowest BCUT2D eigenvalue weighted by Gasteiger charge is -2.33. The second kappa shape index (κ2) is 13.7. The molecule has 1 aliphatic heterocycles. The first kappa shape index (κ1) is 25.6. The lowest BCUT2D eigenvalue weighted by atomic mass is 10.0. The molecule has 0 spiro atoms. The summed E-state index contributed by atoms with van der Waals surface area (Å²) in [7, 11) is 0. The van der Waals surface area contributed by atoms with E-state index in [2.05, 4.69) is 25.8 Å². The second-order valence-electron chi connectivity index (χ2n) is 7.53. The Morgan fingerprint density at radius 1 is 1.21 bits per heavy atom. The number of halogens is 2. The first-order chi connectivity index (χ1) is 13.5. The van der Waals surface area contributed by atoms with Crippen molar-refractivity contribution in [2.24, 2.45) is 10.9 Å². The van der Waals surface area contributed by atoms with Crippen LogP contribution in [-0.4, -0.2) is 55.5 Å². The molecule has 3 N–H and O–H groups in total. The molecule has 29 heavy (non-hydrogen) atoms. The highest BCUT2D eigenvalue weighted by atomic mass is 127. The number of piperidine rings is 1. The van der Waals surface area contributed by atoms with E-state index in [9.17, 15) is 9.18 Å². The number of hydrogen-bond donors (Lipinski definition) is 3. The van der Waals surface area contributed by atoms with Crippen LogP contribution in [0.1, 0.15) is 39.2 Å². The molecule has 1 fully saturated rings. The van der Waals surface area contributed by atoms with Crippen molar-refractivity contribution >= 4 is 35.8 Å². The van der Waals surface area contributed by atoms with E-state index in [1.807, 2.05) is 32.9 Å². The van der Waals surface area contributed by atoms with E-state index in [-0.39, 0.29) is 41.6 Å². The molecule has 0 aromatic heterocycles. The lowest BCUT2D eigenvalue weighted by molar-refractivity contribution is -0.123. The maximum absolute atomic E-state index is 13.0. The molecule has 6 nitrogen and oxygen atoms in total. The summed E-state index contributed by atoms with van der Waals surface area (Å²) < 4.78 is 13.0. The average molecular weight is 519 g/mol. The minimum atomic E-state index is -0.189. The van der Waals surface area contributed by atoms with Crippen molar-refractivity contribution in [3.63, 3.8) is 0 Å². The highest BCUT2D eigenvalue weighted by Crippen LogP contribution is 2.14. The summed E-state index contributed by atoms with van der Waals surface area (Å²) in [6.45, 7) is 10.6. The van der Waals surface area contributed by atoms with Crippen LogP contribution in [0.3, 0.4) is 0 Å². The summed E-state index contributed by atoms with van der Waals surface area (Å²) >= 11 is 0. The van der Waals surface area contributed by atoms with Gasteiger partial charge in [-0.25, -0.2) is 4.39 Å². The number of nitrogens with zero attached hydrogens (tertiary/aromatic N) is 2. The third kappa shape index (κ3) is 9.75. The topological polar surface area (TPSA) is 68.8 Å². The normalized spacial score (nSPS) is 15.7. The van der Waals surface area contributed by atoms with Gasteiger partial charge < -0.3 is 16.0 Å². The summed E-state index contributed by atoms with van der Waals surface area (Å²) in [5.41, 5.74) is 1.14. The number of carbonyl (C=O) groups excluding carboxylic acids is 1. The van der Waals surface area contributed by atoms with Crippen molar-refractivity contribution in [3.05, 3.63) is 35.6 Å². The first-order valence-electron chi connectivity index (χ1n) is 10.3. The molecule has 0 atom stereocenters. The summed E-state index contributed by atoms with van der Waals surface area (Å²) in [5, 5.41) is 9.67. The van der Waals surface area contributed by atoms with Crippen LogP contribution in [0.4, 0.5) is 4.39 Å². The fraction of sp³-hybridized carbons (Fsp3) is 0.619. The monoisotopic (exact) mass is 519 g/mol. The molecule has 1 saturated heterocycles. The summed E-state index contributed by atoms with van der Waals surface area (Å²) in [6.07, 6.45) is 2.07. The minimum absolute atomic E-state index is 0. The molecule has 1 heterocycles. The Kier molecular flexibility index (Phi) is 12.1. The maximum Gasteiger partial charge on any atom is 0.222 e. The van der Waals surface area contributed by atoms with Gasteiger partial charge >= 0.3 is 0 Å². The van der Waals surface area contributed by atoms with Gasteiger partial charge in [0.15, 0.2) is 5.96 Å². The van der Waals surface area contributed by atoms with Crippen molar-refractivity contribution in [2.45, 2.75) is 46.2 Å². The molecule has 8 heteroatoms. The molecule has 1 amide bonds. The quantitative estimate of drug-likeness (QED) is 0.214. The van der Waals surface area contributed by atoms with Crippen molar-refractivity contribution < 1.29 is 9.18 Å². The van der Waals surface area contributed by atoms with Gasteiger partial charge in [0.1, 0.15) is 5.82 Å². The van der Waals surface area contributed by atoms with Gasteiger partial charge in [0.25, 0.3) is 0 Å². The zero-order chi connectivity index (χ0) is 20.4. The molecular weight excluding hydrogens is 484 g/mol. The van der Waals surface area contributed by atoms with Gasteiger partial charge in [0.05, 0.1) is 6.54 Å². The van der Waals surface area contributed by atoms with Crippen molar-refractivity contribution in [1.29, 1.82) is 0 Å². The fourth-order valence-corrected chi connectivity index (χ4v) is 3.15. The smallest absolute Gasteiger partial charge is 0.222 e. The Morgan fingerprint density at radius 2 is 1.86 bits per heavy atom. The van der Waals surface area contributed by atoms with Gasteiger partial charge in [-0.15, -0.1) is 24.0 Å². The van der Waals surface area contributed by atoms with E-state index < -0.39 is 0 Å². The van der Waals surface area contributed by atoms with E-state index in [1.54, 1.807) is 0 Å².